The second-order valence-corrected chi connectivity index (χ2v) is 4.62. The zero-order valence-electron chi connectivity index (χ0n) is 12.5. The summed E-state index contributed by atoms with van der Waals surface area (Å²) in [5, 5.41) is 8.52. The number of carboxylic acids is 1. The molecule has 116 valence electrons. The Morgan fingerprint density at radius 1 is 1.29 bits per heavy atom. The van der Waals surface area contributed by atoms with E-state index in [2.05, 4.69) is 0 Å². The van der Waals surface area contributed by atoms with Crippen molar-refractivity contribution in [1.82, 2.24) is 4.90 Å². The van der Waals surface area contributed by atoms with E-state index in [-0.39, 0.29) is 12.5 Å². The van der Waals surface area contributed by atoms with Crippen LogP contribution in [0.4, 0.5) is 0 Å². The molecular formula is C15H21NO5. The van der Waals surface area contributed by atoms with Gasteiger partial charge in [-0.25, -0.2) is 4.79 Å². The Balaban J connectivity index is 2.54. The summed E-state index contributed by atoms with van der Waals surface area (Å²) in [6.45, 7) is 4.15. The second-order valence-electron chi connectivity index (χ2n) is 4.62. The van der Waals surface area contributed by atoms with Crippen LogP contribution in [-0.2, 0) is 20.9 Å². The van der Waals surface area contributed by atoms with Gasteiger partial charge in [0.25, 0.3) is 5.91 Å². The molecule has 0 saturated heterocycles. The lowest BCUT2D eigenvalue weighted by atomic mass is 10.2. The minimum absolute atomic E-state index is 0.0805. The number of hydrogen-bond acceptors (Lipinski definition) is 4. The van der Waals surface area contributed by atoms with Crippen LogP contribution in [0.25, 0.3) is 0 Å². The molecule has 0 aliphatic carbocycles. The topological polar surface area (TPSA) is 76.1 Å². The van der Waals surface area contributed by atoms with Crippen LogP contribution in [0.2, 0.25) is 0 Å². The summed E-state index contributed by atoms with van der Waals surface area (Å²) in [4.78, 5) is 24.0. The third-order valence-electron chi connectivity index (χ3n) is 2.85. The van der Waals surface area contributed by atoms with Crippen molar-refractivity contribution in [2.75, 3.05) is 20.3 Å². The van der Waals surface area contributed by atoms with E-state index >= 15 is 0 Å². The molecule has 1 unspecified atom stereocenters. The molecule has 1 aromatic carbocycles. The number of hydrogen-bond donors (Lipinski definition) is 1. The highest BCUT2D eigenvalue weighted by Crippen LogP contribution is 2.14. The Bertz CT molecular complexity index is 471. The number of amides is 1. The van der Waals surface area contributed by atoms with Crippen molar-refractivity contribution in [3.63, 3.8) is 0 Å². The molecule has 0 spiro atoms. The lowest BCUT2D eigenvalue weighted by Crippen LogP contribution is -2.35. The standard InChI is InChI=1S/C15H21NO5/c1-4-20-11(2)15(19)16(3)9-12-5-7-13(8-6-12)21-10-14(17)18/h5-8,11H,4,9-10H2,1-3H3,(H,17,18). The minimum atomic E-state index is -1.02. The summed E-state index contributed by atoms with van der Waals surface area (Å²) in [6, 6.07) is 6.96. The molecule has 6 heteroatoms. The molecule has 0 aliphatic heterocycles. The van der Waals surface area contributed by atoms with Crippen LogP contribution >= 0.6 is 0 Å². The SMILES string of the molecule is CCOC(C)C(=O)N(C)Cc1ccc(OCC(=O)O)cc1. The predicted molar refractivity (Wildman–Crippen MR) is 77.1 cm³/mol. The van der Waals surface area contributed by atoms with Gasteiger partial charge in [0, 0.05) is 20.2 Å². The molecule has 6 nitrogen and oxygen atoms in total. The van der Waals surface area contributed by atoms with E-state index in [4.69, 9.17) is 14.6 Å². The predicted octanol–water partition coefficient (Wildman–Crippen LogP) is 1.53. The largest absolute Gasteiger partial charge is 0.482 e. The maximum atomic E-state index is 12.0. The fourth-order valence-corrected chi connectivity index (χ4v) is 1.82. The molecule has 1 amide bonds. The van der Waals surface area contributed by atoms with Crippen molar-refractivity contribution in [3.05, 3.63) is 29.8 Å². The lowest BCUT2D eigenvalue weighted by Gasteiger charge is -2.21. The lowest BCUT2D eigenvalue weighted by molar-refractivity contribution is -0.141. The van der Waals surface area contributed by atoms with E-state index in [1.165, 1.54) is 0 Å². The van der Waals surface area contributed by atoms with Crippen LogP contribution < -0.4 is 4.74 Å². The smallest absolute Gasteiger partial charge is 0.341 e. The Kier molecular flexibility index (Phi) is 6.68. The molecule has 0 saturated carbocycles. The number of carboxylic acid groups (broad SMARTS) is 1. The third-order valence-corrected chi connectivity index (χ3v) is 2.85. The number of carbonyl (C=O) groups excluding carboxylic acids is 1. The Morgan fingerprint density at radius 3 is 2.43 bits per heavy atom. The molecule has 1 rings (SSSR count). The molecule has 21 heavy (non-hydrogen) atoms. The van der Waals surface area contributed by atoms with Gasteiger partial charge in [-0.1, -0.05) is 12.1 Å². The van der Waals surface area contributed by atoms with Crippen molar-refractivity contribution < 1.29 is 24.2 Å². The number of nitrogens with zero attached hydrogens (tertiary/aromatic N) is 1. The molecule has 0 aromatic heterocycles. The number of aliphatic carboxylic acids is 1. The van der Waals surface area contributed by atoms with Crippen LogP contribution in [0.3, 0.4) is 0 Å². The van der Waals surface area contributed by atoms with Gasteiger partial charge in [0.05, 0.1) is 0 Å². The van der Waals surface area contributed by atoms with E-state index in [0.717, 1.165) is 5.56 Å². The zero-order chi connectivity index (χ0) is 15.8. The molecule has 1 N–H and O–H groups in total. The van der Waals surface area contributed by atoms with E-state index in [1.807, 2.05) is 6.92 Å². The Hall–Kier alpha value is -2.08. The fraction of sp³-hybridized carbons (Fsp3) is 0.467. The van der Waals surface area contributed by atoms with Crippen molar-refractivity contribution >= 4 is 11.9 Å². The van der Waals surface area contributed by atoms with Crippen LogP contribution in [-0.4, -0.2) is 48.2 Å². The number of likely N-dealkylation sites (N-methyl/N-ethyl adjacent to an activating group) is 1. The average Bonchev–Trinajstić information content (AvgIpc) is 2.45. The van der Waals surface area contributed by atoms with Crippen LogP contribution in [0.5, 0.6) is 5.75 Å². The number of ether oxygens (including phenoxy) is 2. The summed E-state index contributed by atoms with van der Waals surface area (Å²) >= 11 is 0. The molecule has 1 atom stereocenters. The van der Waals surface area contributed by atoms with Crippen molar-refractivity contribution in [1.29, 1.82) is 0 Å². The Morgan fingerprint density at radius 2 is 1.90 bits per heavy atom. The van der Waals surface area contributed by atoms with Crippen LogP contribution in [0.15, 0.2) is 24.3 Å². The summed E-state index contributed by atoms with van der Waals surface area (Å²) in [6.07, 6.45) is -0.460. The van der Waals surface area contributed by atoms with E-state index in [0.29, 0.717) is 18.9 Å². The van der Waals surface area contributed by atoms with Gasteiger partial charge in [0.15, 0.2) is 6.61 Å². The molecule has 1 aromatic rings. The van der Waals surface area contributed by atoms with Gasteiger partial charge in [0.1, 0.15) is 11.9 Å². The quantitative estimate of drug-likeness (QED) is 0.787. The first kappa shape index (κ1) is 17.0. The third kappa shape index (κ3) is 5.83. The van der Waals surface area contributed by atoms with Crippen LogP contribution in [0.1, 0.15) is 19.4 Å². The fourth-order valence-electron chi connectivity index (χ4n) is 1.82. The zero-order valence-corrected chi connectivity index (χ0v) is 12.5. The maximum Gasteiger partial charge on any atom is 0.341 e. The van der Waals surface area contributed by atoms with Gasteiger partial charge in [0.2, 0.25) is 0 Å². The number of rotatable bonds is 8. The van der Waals surface area contributed by atoms with Gasteiger partial charge >= 0.3 is 5.97 Å². The summed E-state index contributed by atoms with van der Waals surface area (Å²) < 4.78 is 10.3. The Labute approximate surface area is 124 Å². The van der Waals surface area contributed by atoms with Gasteiger partial charge in [-0.3, -0.25) is 4.79 Å². The monoisotopic (exact) mass is 295 g/mol. The first-order valence-corrected chi connectivity index (χ1v) is 6.74. The first-order chi connectivity index (χ1) is 9.93. The van der Waals surface area contributed by atoms with Crippen molar-refractivity contribution in [3.8, 4) is 5.75 Å². The van der Waals surface area contributed by atoms with Crippen molar-refractivity contribution in [2.24, 2.45) is 0 Å². The summed E-state index contributed by atoms with van der Waals surface area (Å²) in [5.74, 6) is -0.616. The highest BCUT2D eigenvalue weighted by atomic mass is 16.5. The number of carbonyl (C=O) groups is 2. The maximum absolute atomic E-state index is 12.0. The van der Waals surface area contributed by atoms with Gasteiger partial charge in [-0.15, -0.1) is 0 Å². The van der Waals surface area contributed by atoms with E-state index in [9.17, 15) is 9.59 Å². The van der Waals surface area contributed by atoms with Gasteiger partial charge in [-0.2, -0.15) is 0 Å². The average molecular weight is 295 g/mol. The van der Waals surface area contributed by atoms with E-state index in [1.54, 1.807) is 43.1 Å². The van der Waals surface area contributed by atoms with Gasteiger partial charge in [-0.05, 0) is 31.5 Å². The van der Waals surface area contributed by atoms with E-state index < -0.39 is 12.1 Å². The second kappa shape index (κ2) is 8.26. The summed E-state index contributed by atoms with van der Waals surface area (Å²) in [5.41, 5.74) is 0.928. The number of benzene rings is 1. The molecule has 0 aliphatic rings. The summed E-state index contributed by atoms with van der Waals surface area (Å²) in [7, 11) is 1.71. The molecule has 0 fully saturated rings. The molecule has 0 radical (unpaired) electrons. The first-order valence-electron chi connectivity index (χ1n) is 6.74. The highest BCUT2D eigenvalue weighted by Gasteiger charge is 2.17. The molecule has 0 bridgehead atoms. The van der Waals surface area contributed by atoms with Crippen molar-refractivity contribution in [2.45, 2.75) is 26.5 Å². The normalized spacial score (nSPS) is 11.8. The molecule has 0 heterocycles. The van der Waals surface area contributed by atoms with Gasteiger partial charge < -0.3 is 19.5 Å². The molecular weight excluding hydrogens is 274 g/mol. The van der Waals surface area contributed by atoms with Crippen LogP contribution in [0, 0.1) is 0 Å². The highest BCUT2D eigenvalue weighted by molar-refractivity contribution is 5.80. The minimum Gasteiger partial charge on any atom is -0.482 e.